The Kier molecular flexibility index (Phi) is 6.18. The van der Waals surface area contributed by atoms with Gasteiger partial charge in [0.15, 0.2) is 0 Å². The molecule has 0 N–H and O–H groups in total. The number of hydrogen-bond acceptors (Lipinski definition) is 3. The fraction of sp³-hybridized carbons (Fsp3) is 0. The average Bonchev–Trinajstić information content (AvgIpc) is 3.72. The van der Waals surface area contributed by atoms with Crippen LogP contribution in [-0.2, 0) is 0 Å². The van der Waals surface area contributed by atoms with Crippen LogP contribution >= 0.6 is 0 Å². The standard InChI is InChI=1S/C46H29NO2/c1-2-13-34(14-3-1)47(35-24-21-30(22-25-35)33-23-26-38-37-16-7-9-20-43(37)48-44(38)29-33)42-19-8-6-15-36(42)39-17-10-18-40-41-27-31-11-4-5-12-32(31)28-45(41)49-46(39)40/h1-29H. The molecule has 0 saturated heterocycles. The summed E-state index contributed by atoms with van der Waals surface area (Å²) in [5, 5.41) is 6.90. The molecule has 0 amide bonds. The first-order chi connectivity index (χ1) is 24.3. The molecule has 0 spiro atoms. The highest BCUT2D eigenvalue weighted by atomic mass is 16.3. The van der Waals surface area contributed by atoms with Crippen molar-refractivity contribution in [1.82, 2.24) is 0 Å². The van der Waals surface area contributed by atoms with E-state index in [4.69, 9.17) is 8.83 Å². The molecule has 0 saturated carbocycles. The minimum absolute atomic E-state index is 0.893. The summed E-state index contributed by atoms with van der Waals surface area (Å²) in [6.07, 6.45) is 0. The van der Waals surface area contributed by atoms with Gasteiger partial charge in [-0.1, -0.05) is 115 Å². The molecule has 0 atom stereocenters. The Morgan fingerprint density at radius 3 is 1.86 bits per heavy atom. The quantitative estimate of drug-likeness (QED) is 0.190. The van der Waals surface area contributed by atoms with E-state index < -0.39 is 0 Å². The lowest BCUT2D eigenvalue weighted by Gasteiger charge is -2.28. The number of anilines is 3. The fourth-order valence-corrected chi connectivity index (χ4v) is 7.30. The van der Waals surface area contributed by atoms with Crippen molar-refractivity contribution in [2.24, 2.45) is 0 Å². The summed E-state index contributed by atoms with van der Waals surface area (Å²) < 4.78 is 12.9. The Balaban J connectivity index is 1.10. The van der Waals surface area contributed by atoms with Crippen molar-refractivity contribution in [2.45, 2.75) is 0 Å². The van der Waals surface area contributed by atoms with Crippen LogP contribution in [0.25, 0.3) is 76.9 Å². The van der Waals surface area contributed by atoms with Crippen LogP contribution < -0.4 is 4.90 Å². The zero-order valence-corrected chi connectivity index (χ0v) is 26.5. The minimum atomic E-state index is 0.893. The van der Waals surface area contributed by atoms with Crippen LogP contribution in [0.2, 0.25) is 0 Å². The lowest BCUT2D eigenvalue weighted by Crippen LogP contribution is -2.11. The van der Waals surface area contributed by atoms with Crippen molar-refractivity contribution in [1.29, 1.82) is 0 Å². The van der Waals surface area contributed by atoms with E-state index in [2.05, 4.69) is 169 Å². The van der Waals surface area contributed by atoms with Gasteiger partial charge in [0.1, 0.15) is 22.3 Å². The third-order valence-corrected chi connectivity index (χ3v) is 9.65. The van der Waals surface area contributed by atoms with E-state index in [1.165, 1.54) is 10.8 Å². The van der Waals surface area contributed by atoms with Gasteiger partial charge in [-0.05, 0) is 82.6 Å². The van der Waals surface area contributed by atoms with Crippen LogP contribution in [-0.4, -0.2) is 0 Å². The van der Waals surface area contributed by atoms with Gasteiger partial charge in [-0.25, -0.2) is 0 Å². The molecular weight excluding hydrogens is 599 g/mol. The molecule has 3 heteroatoms. The highest BCUT2D eigenvalue weighted by Crippen LogP contribution is 2.45. The van der Waals surface area contributed by atoms with Crippen molar-refractivity contribution < 1.29 is 8.83 Å². The van der Waals surface area contributed by atoms with Crippen LogP contribution in [0.4, 0.5) is 17.1 Å². The highest BCUT2D eigenvalue weighted by Gasteiger charge is 2.20. The number of benzene rings is 8. The zero-order chi connectivity index (χ0) is 32.3. The minimum Gasteiger partial charge on any atom is -0.456 e. The number of para-hydroxylation sites is 4. The topological polar surface area (TPSA) is 29.5 Å². The lowest BCUT2D eigenvalue weighted by atomic mass is 9.98. The van der Waals surface area contributed by atoms with Crippen molar-refractivity contribution >= 4 is 71.7 Å². The predicted molar refractivity (Wildman–Crippen MR) is 204 cm³/mol. The molecule has 0 radical (unpaired) electrons. The normalized spacial score (nSPS) is 11.7. The Hall–Kier alpha value is -6.58. The van der Waals surface area contributed by atoms with Crippen molar-refractivity contribution in [2.75, 3.05) is 4.90 Å². The molecule has 0 bridgehead atoms. The SMILES string of the molecule is c1ccc(N(c2ccc(-c3ccc4c(c3)oc3ccccc34)cc2)c2ccccc2-c2cccc3c2oc2cc4ccccc4cc23)cc1. The summed E-state index contributed by atoms with van der Waals surface area (Å²) in [5.41, 5.74) is 11.2. The maximum atomic E-state index is 6.68. The van der Waals surface area contributed by atoms with Crippen LogP contribution in [0.15, 0.2) is 185 Å². The number of furan rings is 2. The number of nitrogens with zero attached hydrogens (tertiary/aromatic N) is 1. The van der Waals surface area contributed by atoms with E-state index in [9.17, 15) is 0 Å². The fourth-order valence-electron chi connectivity index (χ4n) is 7.30. The monoisotopic (exact) mass is 627 g/mol. The Labute approximate surface area is 282 Å². The van der Waals surface area contributed by atoms with E-state index in [0.717, 1.165) is 83.2 Å². The summed E-state index contributed by atoms with van der Waals surface area (Å²) in [6.45, 7) is 0. The van der Waals surface area contributed by atoms with Gasteiger partial charge in [0.25, 0.3) is 0 Å². The van der Waals surface area contributed by atoms with E-state index in [1.807, 2.05) is 12.1 Å². The van der Waals surface area contributed by atoms with Crippen LogP contribution in [0.5, 0.6) is 0 Å². The van der Waals surface area contributed by atoms with E-state index in [1.54, 1.807) is 0 Å². The lowest BCUT2D eigenvalue weighted by molar-refractivity contribution is 0.669. The smallest absolute Gasteiger partial charge is 0.143 e. The summed E-state index contributed by atoms with van der Waals surface area (Å²) in [5.74, 6) is 0. The largest absolute Gasteiger partial charge is 0.456 e. The van der Waals surface area contributed by atoms with Crippen LogP contribution in [0, 0.1) is 0 Å². The molecular formula is C46H29NO2. The number of fused-ring (bicyclic) bond motifs is 7. The first-order valence-corrected chi connectivity index (χ1v) is 16.6. The molecule has 10 aromatic rings. The Morgan fingerprint density at radius 2 is 0.980 bits per heavy atom. The molecule has 0 unspecified atom stereocenters. The Bertz CT molecular complexity index is 2830. The molecule has 10 rings (SSSR count). The van der Waals surface area contributed by atoms with Gasteiger partial charge in [0.05, 0.1) is 5.69 Å². The average molecular weight is 628 g/mol. The predicted octanol–water partition coefficient (Wildman–Crippen LogP) is 13.4. The Morgan fingerprint density at radius 1 is 0.347 bits per heavy atom. The highest BCUT2D eigenvalue weighted by molar-refractivity contribution is 6.14. The molecule has 3 nitrogen and oxygen atoms in total. The first-order valence-electron chi connectivity index (χ1n) is 16.6. The third kappa shape index (κ3) is 4.51. The second-order valence-electron chi connectivity index (χ2n) is 12.5. The molecule has 0 aliphatic carbocycles. The van der Waals surface area contributed by atoms with Gasteiger partial charge < -0.3 is 13.7 Å². The van der Waals surface area contributed by atoms with E-state index >= 15 is 0 Å². The van der Waals surface area contributed by atoms with Crippen molar-refractivity contribution in [3.63, 3.8) is 0 Å². The van der Waals surface area contributed by atoms with Gasteiger partial charge in [0, 0.05) is 44.0 Å². The maximum Gasteiger partial charge on any atom is 0.143 e. The molecule has 0 aliphatic heterocycles. The van der Waals surface area contributed by atoms with Gasteiger partial charge in [-0.3, -0.25) is 0 Å². The van der Waals surface area contributed by atoms with Gasteiger partial charge in [-0.2, -0.15) is 0 Å². The molecule has 8 aromatic carbocycles. The molecule has 230 valence electrons. The second-order valence-corrected chi connectivity index (χ2v) is 12.5. The summed E-state index contributed by atoms with van der Waals surface area (Å²) in [6, 6.07) is 62.0. The maximum absolute atomic E-state index is 6.68. The number of rotatable bonds is 5. The molecule has 0 fully saturated rings. The van der Waals surface area contributed by atoms with Crippen molar-refractivity contribution in [3.05, 3.63) is 176 Å². The van der Waals surface area contributed by atoms with E-state index in [0.29, 0.717) is 0 Å². The summed E-state index contributed by atoms with van der Waals surface area (Å²) in [7, 11) is 0. The molecule has 49 heavy (non-hydrogen) atoms. The number of hydrogen-bond donors (Lipinski definition) is 0. The molecule has 0 aliphatic rings. The summed E-state index contributed by atoms with van der Waals surface area (Å²) in [4.78, 5) is 2.33. The van der Waals surface area contributed by atoms with Gasteiger partial charge >= 0.3 is 0 Å². The van der Waals surface area contributed by atoms with Gasteiger partial charge in [0.2, 0.25) is 0 Å². The summed E-state index contributed by atoms with van der Waals surface area (Å²) >= 11 is 0. The molecule has 2 heterocycles. The van der Waals surface area contributed by atoms with E-state index in [-0.39, 0.29) is 0 Å². The van der Waals surface area contributed by atoms with Gasteiger partial charge in [-0.15, -0.1) is 0 Å². The van der Waals surface area contributed by atoms with Crippen LogP contribution in [0.3, 0.4) is 0 Å². The van der Waals surface area contributed by atoms with Crippen molar-refractivity contribution in [3.8, 4) is 22.3 Å². The first kappa shape index (κ1) is 27.5. The second kappa shape index (κ2) is 11.0. The molecule has 2 aromatic heterocycles. The zero-order valence-electron chi connectivity index (χ0n) is 26.5. The third-order valence-electron chi connectivity index (χ3n) is 9.65. The van der Waals surface area contributed by atoms with Crippen LogP contribution in [0.1, 0.15) is 0 Å².